The Kier molecular flexibility index (Phi) is 3.44. The molecule has 0 saturated heterocycles. The van der Waals surface area contributed by atoms with Crippen LogP contribution in [0.25, 0.3) is 5.70 Å². The summed E-state index contributed by atoms with van der Waals surface area (Å²) in [6.45, 7) is 6.23. The minimum absolute atomic E-state index is 0.227. The van der Waals surface area contributed by atoms with Crippen molar-refractivity contribution in [3.8, 4) is 5.75 Å². The summed E-state index contributed by atoms with van der Waals surface area (Å²) < 4.78 is 5.61. The molecule has 0 spiro atoms. The third-order valence-electron chi connectivity index (χ3n) is 2.29. The second kappa shape index (κ2) is 4.83. The van der Waals surface area contributed by atoms with E-state index in [1.165, 1.54) is 11.3 Å². The lowest BCUT2D eigenvalue weighted by Crippen LogP contribution is -2.15. The van der Waals surface area contributed by atoms with E-state index in [1.807, 2.05) is 37.7 Å². The minimum atomic E-state index is 0.227. The molecule has 0 amide bonds. The summed E-state index contributed by atoms with van der Waals surface area (Å²) in [5, 5.41) is 6.06. The van der Waals surface area contributed by atoms with Crippen LogP contribution in [0.3, 0.4) is 0 Å². The van der Waals surface area contributed by atoms with Gasteiger partial charge in [-0.2, -0.15) is 0 Å². The first-order chi connectivity index (χ1) is 7.65. The maximum atomic E-state index is 5.61. The van der Waals surface area contributed by atoms with Crippen LogP contribution < -0.4 is 10.1 Å². The van der Waals surface area contributed by atoms with Gasteiger partial charge in [0.1, 0.15) is 5.75 Å². The van der Waals surface area contributed by atoms with E-state index in [0.29, 0.717) is 5.37 Å². The molecule has 1 aromatic carbocycles. The fourth-order valence-electron chi connectivity index (χ4n) is 1.59. The largest absolute Gasteiger partial charge is 0.491 e. The third kappa shape index (κ3) is 2.73. The van der Waals surface area contributed by atoms with Crippen molar-refractivity contribution in [3.63, 3.8) is 0 Å². The van der Waals surface area contributed by atoms with Gasteiger partial charge in [0.2, 0.25) is 0 Å². The fraction of sp³-hybridized carbons (Fsp3) is 0.385. The average Bonchev–Trinajstić information content (AvgIpc) is 2.65. The van der Waals surface area contributed by atoms with E-state index in [0.717, 1.165) is 5.75 Å². The molecular formula is C13H17NOS. The molecule has 2 nitrogen and oxygen atoms in total. The molecule has 3 heteroatoms. The Balaban J connectivity index is 2.08. The molecule has 1 aliphatic heterocycles. The van der Waals surface area contributed by atoms with Gasteiger partial charge in [0.25, 0.3) is 0 Å². The fourth-order valence-corrected chi connectivity index (χ4v) is 2.33. The van der Waals surface area contributed by atoms with E-state index >= 15 is 0 Å². The van der Waals surface area contributed by atoms with Gasteiger partial charge in [0.05, 0.1) is 11.5 Å². The van der Waals surface area contributed by atoms with Crippen molar-refractivity contribution >= 4 is 17.5 Å². The molecule has 1 N–H and O–H groups in total. The molecule has 1 aliphatic rings. The Morgan fingerprint density at radius 2 is 1.94 bits per heavy atom. The number of rotatable bonds is 3. The number of hydrogen-bond donors (Lipinski definition) is 1. The highest BCUT2D eigenvalue weighted by Crippen LogP contribution is 2.27. The minimum Gasteiger partial charge on any atom is -0.491 e. The lowest BCUT2D eigenvalue weighted by Gasteiger charge is -2.11. The van der Waals surface area contributed by atoms with Crippen LogP contribution in [0.5, 0.6) is 5.75 Å². The van der Waals surface area contributed by atoms with Crippen molar-refractivity contribution in [1.82, 2.24) is 5.32 Å². The Hall–Kier alpha value is -1.09. The van der Waals surface area contributed by atoms with Crippen LogP contribution in [0.1, 0.15) is 26.3 Å². The molecule has 1 atom stereocenters. The summed E-state index contributed by atoms with van der Waals surface area (Å²) in [6, 6.07) is 8.22. The molecule has 0 radical (unpaired) electrons. The van der Waals surface area contributed by atoms with Gasteiger partial charge >= 0.3 is 0 Å². The Morgan fingerprint density at radius 3 is 2.44 bits per heavy atom. The molecule has 0 fully saturated rings. The smallest absolute Gasteiger partial charge is 0.119 e. The van der Waals surface area contributed by atoms with E-state index in [4.69, 9.17) is 4.74 Å². The third-order valence-corrected chi connectivity index (χ3v) is 3.18. The average molecular weight is 235 g/mol. The first-order valence-corrected chi connectivity index (χ1v) is 6.48. The topological polar surface area (TPSA) is 21.3 Å². The Labute approximate surface area is 101 Å². The van der Waals surface area contributed by atoms with E-state index in [2.05, 4.69) is 29.8 Å². The van der Waals surface area contributed by atoms with Gasteiger partial charge in [-0.15, -0.1) is 11.8 Å². The van der Waals surface area contributed by atoms with Crippen molar-refractivity contribution < 1.29 is 4.74 Å². The highest BCUT2D eigenvalue weighted by atomic mass is 32.2. The van der Waals surface area contributed by atoms with Crippen LogP contribution in [0, 0.1) is 0 Å². The lowest BCUT2D eigenvalue weighted by atomic mass is 10.1. The highest BCUT2D eigenvalue weighted by molar-refractivity contribution is 8.03. The van der Waals surface area contributed by atoms with Crippen molar-refractivity contribution in [2.75, 3.05) is 0 Å². The van der Waals surface area contributed by atoms with Crippen LogP contribution in [-0.4, -0.2) is 11.5 Å². The van der Waals surface area contributed by atoms with Crippen molar-refractivity contribution in [3.05, 3.63) is 35.2 Å². The van der Waals surface area contributed by atoms with Crippen molar-refractivity contribution in [1.29, 1.82) is 0 Å². The van der Waals surface area contributed by atoms with Crippen LogP contribution in [-0.2, 0) is 0 Å². The van der Waals surface area contributed by atoms with Crippen LogP contribution in [0.15, 0.2) is 29.7 Å². The van der Waals surface area contributed by atoms with E-state index in [1.54, 1.807) is 0 Å². The molecule has 1 heterocycles. The van der Waals surface area contributed by atoms with Crippen LogP contribution >= 0.6 is 11.8 Å². The zero-order chi connectivity index (χ0) is 11.5. The molecule has 0 saturated carbocycles. The second-order valence-corrected chi connectivity index (χ2v) is 5.36. The Bertz CT molecular complexity index is 383. The predicted molar refractivity (Wildman–Crippen MR) is 70.4 cm³/mol. The second-order valence-electron chi connectivity index (χ2n) is 4.15. The number of benzene rings is 1. The molecular weight excluding hydrogens is 218 g/mol. The summed E-state index contributed by atoms with van der Waals surface area (Å²) >= 11 is 1.81. The van der Waals surface area contributed by atoms with Gasteiger partial charge in [-0.25, -0.2) is 0 Å². The highest BCUT2D eigenvalue weighted by Gasteiger charge is 2.12. The first kappa shape index (κ1) is 11.4. The summed E-state index contributed by atoms with van der Waals surface area (Å²) in [4.78, 5) is 0. The van der Waals surface area contributed by atoms with Gasteiger partial charge in [-0.05, 0) is 56.0 Å². The molecule has 2 rings (SSSR count). The monoisotopic (exact) mass is 235 g/mol. The zero-order valence-corrected chi connectivity index (χ0v) is 10.7. The number of thioether (sulfide) groups is 1. The zero-order valence-electron chi connectivity index (χ0n) is 9.86. The summed E-state index contributed by atoms with van der Waals surface area (Å²) in [7, 11) is 0. The standard InChI is InChI=1S/C13H17NOS/c1-9(2)15-12-6-4-11(5-7-12)13-8-16-10(3)14-13/h4-10,14H,1-3H3. The maximum absolute atomic E-state index is 5.61. The molecule has 16 heavy (non-hydrogen) atoms. The van der Waals surface area contributed by atoms with Crippen LogP contribution in [0.4, 0.5) is 0 Å². The molecule has 0 bridgehead atoms. The lowest BCUT2D eigenvalue weighted by molar-refractivity contribution is 0.242. The summed E-state index contributed by atoms with van der Waals surface area (Å²) in [5.41, 5.74) is 2.42. The van der Waals surface area contributed by atoms with E-state index in [-0.39, 0.29) is 6.10 Å². The van der Waals surface area contributed by atoms with E-state index in [9.17, 15) is 0 Å². The van der Waals surface area contributed by atoms with Gasteiger partial charge in [0.15, 0.2) is 0 Å². The number of nitrogens with one attached hydrogen (secondary N) is 1. The van der Waals surface area contributed by atoms with Gasteiger partial charge < -0.3 is 10.1 Å². The van der Waals surface area contributed by atoms with Gasteiger partial charge in [0, 0.05) is 5.70 Å². The SMILES string of the molecule is CC(C)Oc1ccc(C2=CSC(C)N2)cc1. The molecule has 0 aromatic heterocycles. The van der Waals surface area contributed by atoms with Crippen molar-refractivity contribution in [2.45, 2.75) is 32.2 Å². The number of ether oxygens (including phenoxy) is 1. The summed E-state index contributed by atoms with van der Waals surface area (Å²) in [6.07, 6.45) is 0.227. The molecule has 0 aliphatic carbocycles. The normalized spacial score (nSPS) is 19.5. The molecule has 86 valence electrons. The quantitative estimate of drug-likeness (QED) is 0.867. The van der Waals surface area contributed by atoms with E-state index < -0.39 is 0 Å². The van der Waals surface area contributed by atoms with Gasteiger partial charge in [-0.1, -0.05) is 0 Å². The molecule has 1 aromatic rings. The Morgan fingerprint density at radius 1 is 1.25 bits per heavy atom. The summed E-state index contributed by atoms with van der Waals surface area (Å²) in [5.74, 6) is 0.929. The predicted octanol–water partition coefficient (Wildman–Crippen LogP) is 3.45. The van der Waals surface area contributed by atoms with Crippen LogP contribution in [0.2, 0.25) is 0 Å². The molecule has 1 unspecified atom stereocenters. The number of hydrogen-bond acceptors (Lipinski definition) is 3. The first-order valence-electron chi connectivity index (χ1n) is 5.54. The van der Waals surface area contributed by atoms with Crippen molar-refractivity contribution in [2.24, 2.45) is 0 Å². The maximum Gasteiger partial charge on any atom is 0.119 e. The van der Waals surface area contributed by atoms with Gasteiger partial charge in [-0.3, -0.25) is 0 Å².